The first kappa shape index (κ1) is 16.8. The number of hydrogen-bond acceptors (Lipinski definition) is 3. The highest BCUT2D eigenvalue weighted by atomic mass is 35.5. The first-order valence-corrected chi connectivity index (χ1v) is 7.45. The molecule has 1 amide bonds. The predicted molar refractivity (Wildman–Crippen MR) is 93.7 cm³/mol. The monoisotopic (exact) mass is 328 g/mol. The SMILES string of the molecule is CC(/C=N\NC(=O)COc1ccccc1Cl)=C/c1ccccc1. The average Bonchev–Trinajstić information content (AvgIpc) is 2.55. The second-order valence-electron chi connectivity index (χ2n) is 4.81. The molecule has 2 aromatic carbocycles. The fourth-order valence-electron chi connectivity index (χ4n) is 1.79. The fraction of sp³-hybridized carbons (Fsp3) is 0.111. The quantitative estimate of drug-likeness (QED) is 0.645. The van der Waals surface area contributed by atoms with Crippen LogP contribution in [0.25, 0.3) is 6.08 Å². The largest absolute Gasteiger partial charge is 0.482 e. The number of carbonyl (C=O) groups is 1. The van der Waals surface area contributed by atoms with E-state index in [1.165, 1.54) is 0 Å². The number of nitrogens with one attached hydrogen (secondary N) is 1. The number of nitrogens with zero attached hydrogens (tertiary/aromatic N) is 1. The number of benzene rings is 2. The maximum absolute atomic E-state index is 11.7. The summed E-state index contributed by atoms with van der Waals surface area (Å²) in [4.78, 5) is 11.7. The number of hydrogen-bond donors (Lipinski definition) is 1. The Labute approximate surface area is 140 Å². The van der Waals surface area contributed by atoms with E-state index in [0.29, 0.717) is 10.8 Å². The molecule has 1 N–H and O–H groups in total. The van der Waals surface area contributed by atoms with Crippen LogP contribution in [0.4, 0.5) is 0 Å². The van der Waals surface area contributed by atoms with Gasteiger partial charge in [0.05, 0.1) is 11.2 Å². The minimum atomic E-state index is -0.353. The normalized spacial score (nSPS) is 11.5. The Hall–Kier alpha value is -2.59. The van der Waals surface area contributed by atoms with Crippen molar-refractivity contribution in [3.05, 3.63) is 70.8 Å². The molecule has 4 nitrogen and oxygen atoms in total. The summed E-state index contributed by atoms with van der Waals surface area (Å²) in [6, 6.07) is 16.8. The molecule has 5 heteroatoms. The predicted octanol–water partition coefficient (Wildman–Crippen LogP) is 3.92. The average molecular weight is 329 g/mol. The lowest BCUT2D eigenvalue weighted by Crippen LogP contribution is -2.24. The Morgan fingerprint density at radius 3 is 2.61 bits per heavy atom. The highest BCUT2D eigenvalue weighted by Gasteiger charge is 2.03. The Bertz CT molecular complexity index is 712. The van der Waals surface area contributed by atoms with Crippen LogP contribution in [-0.2, 0) is 4.79 Å². The third kappa shape index (κ3) is 5.96. The summed E-state index contributed by atoms with van der Waals surface area (Å²) in [5.74, 6) is 0.113. The van der Waals surface area contributed by atoms with Crippen LogP contribution in [0.1, 0.15) is 12.5 Å². The lowest BCUT2D eigenvalue weighted by atomic mass is 10.1. The Balaban J connectivity index is 1.80. The van der Waals surface area contributed by atoms with E-state index in [1.54, 1.807) is 30.5 Å². The number of rotatable bonds is 6. The standard InChI is InChI=1S/C18H17ClN2O2/c1-14(11-15-7-3-2-4-8-15)12-20-21-18(22)13-23-17-10-6-5-9-16(17)19/h2-12H,13H2,1H3,(H,21,22)/b14-11-,20-12-. The zero-order valence-corrected chi connectivity index (χ0v) is 13.5. The molecule has 0 bridgehead atoms. The minimum absolute atomic E-state index is 0.150. The van der Waals surface area contributed by atoms with Gasteiger partial charge in [-0.3, -0.25) is 4.79 Å². The molecule has 0 aromatic heterocycles. The third-order valence-electron chi connectivity index (χ3n) is 2.85. The number of allylic oxidation sites excluding steroid dienone is 1. The van der Waals surface area contributed by atoms with Gasteiger partial charge in [-0.1, -0.05) is 60.1 Å². The van der Waals surface area contributed by atoms with Crippen LogP contribution in [0.2, 0.25) is 5.02 Å². The molecule has 0 aliphatic carbocycles. The Morgan fingerprint density at radius 1 is 1.17 bits per heavy atom. The highest BCUT2D eigenvalue weighted by Crippen LogP contribution is 2.22. The van der Waals surface area contributed by atoms with E-state index in [2.05, 4.69) is 10.5 Å². The van der Waals surface area contributed by atoms with E-state index in [1.807, 2.05) is 43.3 Å². The smallest absolute Gasteiger partial charge is 0.277 e. The van der Waals surface area contributed by atoms with Crippen molar-refractivity contribution in [2.24, 2.45) is 5.10 Å². The number of halogens is 1. The molecular formula is C18H17ClN2O2. The first-order chi connectivity index (χ1) is 11.1. The molecule has 0 saturated heterocycles. The number of amides is 1. The van der Waals surface area contributed by atoms with Crippen LogP contribution in [0.5, 0.6) is 5.75 Å². The van der Waals surface area contributed by atoms with E-state index in [9.17, 15) is 4.79 Å². The van der Waals surface area contributed by atoms with Gasteiger partial charge in [0.2, 0.25) is 0 Å². The van der Waals surface area contributed by atoms with Crippen molar-refractivity contribution in [2.45, 2.75) is 6.92 Å². The zero-order valence-electron chi connectivity index (χ0n) is 12.7. The second-order valence-corrected chi connectivity index (χ2v) is 5.22. The van der Waals surface area contributed by atoms with Gasteiger partial charge >= 0.3 is 0 Å². The summed E-state index contributed by atoms with van der Waals surface area (Å²) in [6.07, 6.45) is 3.55. The number of ether oxygens (including phenoxy) is 1. The van der Waals surface area contributed by atoms with Crippen LogP contribution in [0, 0.1) is 0 Å². The molecule has 0 aliphatic rings. The van der Waals surface area contributed by atoms with E-state index in [-0.39, 0.29) is 12.5 Å². The number of carbonyl (C=O) groups excluding carboxylic acids is 1. The molecule has 23 heavy (non-hydrogen) atoms. The van der Waals surface area contributed by atoms with Gasteiger partial charge in [0.1, 0.15) is 5.75 Å². The van der Waals surface area contributed by atoms with Crippen molar-refractivity contribution >= 4 is 29.8 Å². The lowest BCUT2D eigenvalue weighted by molar-refractivity contribution is -0.123. The minimum Gasteiger partial charge on any atom is -0.482 e. The van der Waals surface area contributed by atoms with Crippen molar-refractivity contribution in [3.8, 4) is 5.75 Å². The van der Waals surface area contributed by atoms with Crippen LogP contribution in [-0.4, -0.2) is 18.7 Å². The molecule has 0 unspecified atom stereocenters. The first-order valence-electron chi connectivity index (χ1n) is 7.08. The van der Waals surface area contributed by atoms with E-state index in [4.69, 9.17) is 16.3 Å². The van der Waals surface area contributed by atoms with Gasteiger partial charge in [-0.05, 0) is 30.2 Å². The van der Waals surface area contributed by atoms with Gasteiger partial charge in [-0.2, -0.15) is 5.10 Å². The molecule has 0 aliphatic heterocycles. The molecule has 0 spiro atoms. The van der Waals surface area contributed by atoms with Gasteiger partial charge in [-0.25, -0.2) is 5.43 Å². The second kappa shape index (κ2) is 8.76. The van der Waals surface area contributed by atoms with Crippen molar-refractivity contribution in [1.29, 1.82) is 0 Å². The van der Waals surface area contributed by atoms with Gasteiger partial charge in [0, 0.05) is 0 Å². The van der Waals surface area contributed by atoms with Crippen molar-refractivity contribution in [2.75, 3.05) is 6.61 Å². The topological polar surface area (TPSA) is 50.7 Å². The van der Waals surface area contributed by atoms with Gasteiger partial charge in [0.15, 0.2) is 6.61 Å². The van der Waals surface area contributed by atoms with Crippen LogP contribution in [0.15, 0.2) is 65.3 Å². The summed E-state index contributed by atoms with van der Waals surface area (Å²) in [5.41, 5.74) is 4.40. The van der Waals surface area contributed by atoms with Crippen molar-refractivity contribution in [1.82, 2.24) is 5.43 Å². The van der Waals surface area contributed by atoms with Gasteiger partial charge < -0.3 is 4.74 Å². The zero-order chi connectivity index (χ0) is 16.5. The van der Waals surface area contributed by atoms with Crippen LogP contribution < -0.4 is 10.2 Å². The molecule has 0 heterocycles. The maximum Gasteiger partial charge on any atom is 0.277 e. The summed E-state index contributed by atoms with van der Waals surface area (Å²) in [6.45, 7) is 1.76. The lowest BCUT2D eigenvalue weighted by Gasteiger charge is -2.06. The molecule has 2 rings (SSSR count). The molecule has 0 radical (unpaired) electrons. The molecule has 0 atom stereocenters. The molecular weight excluding hydrogens is 312 g/mol. The van der Waals surface area contributed by atoms with E-state index >= 15 is 0 Å². The van der Waals surface area contributed by atoms with Gasteiger partial charge in [-0.15, -0.1) is 0 Å². The number of para-hydroxylation sites is 1. The highest BCUT2D eigenvalue weighted by molar-refractivity contribution is 6.32. The van der Waals surface area contributed by atoms with E-state index in [0.717, 1.165) is 11.1 Å². The molecule has 0 saturated carbocycles. The van der Waals surface area contributed by atoms with Crippen LogP contribution >= 0.6 is 11.6 Å². The fourth-order valence-corrected chi connectivity index (χ4v) is 1.98. The van der Waals surface area contributed by atoms with Crippen LogP contribution in [0.3, 0.4) is 0 Å². The molecule has 118 valence electrons. The maximum atomic E-state index is 11.7. The van der Waals surface area contributed by atoms with Crippen molar-refractivity contribution < 1.29 is 9.53 Å². The summed E-state index contributed by atoms with van der Waals surface area (Å²) < 4.78 is 5.32. The number of hydrazone groups is 1. The summed E-state index contributed by atoms with van der Waals surface area (Å²) >= 11 is 5.94. The van der Waals surface area contributed by atoms with Crippen molar-refractivity contribution in [3.63, 3.8) is 0 Å². The third-order valence-corrected chi connectivity index (χ3v) is 3.16. The van der Waals surface area contributed by atoms with E-state index < -0.39 is 0 Å². The summed E-state index contributed by atoms with van der Waals surface area (Å²) in [5, 5.41) is 4.36. The summed E-state index contributed by atoms with van der Waals surface area (Å²) in [7, 11) is 0. The Kier molecular flexibility index (Phi) is 6.39. The Morgan fingerprint density at radius 2 is 1.87 bits per heavy atom. The van der Waals surface area contributed by atoms with Gasteiger partial charge in [0.25, 0.3) is 5.91 Å². The molecule has 2 aromatic rings. The molecule has 0 fully saturated rings.